The minimum Gasteiger partial charge on any atom is -0.314 e. The number of fused-ring (bicyclic) bond motifs is 1. The zero-order valence-electron chi connectivity index (χ0n) is 18.8. The molecule has 0 radical (unpaired) electrons. The Morgan fingerprint density at radius 1 is 0.857 bits per heavy atom. The molecule has 0 aromatic heterocycles. The van der Waals surface area contributed by atoms with Crippen LogP contribution in [0.2, 0.25) is 0 Å². The lowest BCUT2D eigenvalue weighted by Gasteiger charge is -2.27. The van der Waals surface area contributed by atoms with E-state index in [9.17, 15) is 24.0 Å². The number of hydrazine groups is 1. The number of hydrogen-bond donors (Lipinski definition) is 2. The van der Waals surface area contributed by atoms with E-state index in [2.05, 4.69) is 10.7 Å². The van der Waals surface area contributed by atoms with E-state index < -0.39 is 23.4 Å². The number of imide groups is 2. The molecule has 2 aliphatic heterocycles. The molecule has 0 bridgehead atoms. The summed E-state index contributed by atoms with van der Waals surface area (Å²) in [6, 6.07) is 16.8. The molecule has 2 aromatic carbocycles. The highest BCUT2D eigenvalue weighted by Gasteiger charge is 2.54. The molecule has 2 N–H and O–H groups in total. The number of hydrogen-bond acceptors (Lipinski definition) is 5. The lowest BCUT2D eigenvalue weighted by molar-refractivity contribution is -0.142. The molecule has 35 heavy (non-hydrogen) atoms. The van der Waals surface area contributed by atoms with Crippen molar-refractivity contribution in [1.82, 2.24) is 20.7 Å². The summed E-state index contributed by atoms with van der Waals surface area (Å²) in [6.45, 7) is -0.108. The third-order valence-electron chi connectivity index (χ3n) is 6.83. The van der Waals surface area contributed by atoms with Gasteiger partial charge in [-0.25, -0.2) is 4.79 Å². The highest BCUT2D eigenvalue weighted by molar-refractivity contribution is 6.10. The molecule has 2 aromatic rings. The van der Waals surface area contributed by atoms with Crippen molar-refractivity contribution in [3.8, 4) is 0 Å². The standard InChI is InChI=1S/C26H24N4O5/c31-21(15-16-29-22(32)19-13-7-8-14-20(19)23(29)33)28-30-24(34)26(27-25(30)35,17-9-3-1-4-10-17)18-11-5-2-6-12-18/h1-12,19-20H,13-16H2,(H,27,35)(H,28,31)/t19-,20-/m1/s1. The highest BCUT2D eigenvalue weighted by atomic mass is 16.2. The van der Waals surface area contributed by atoms with Crippen molar-refractivity contribution in [1.29, 1.82) is 0 Å². The summed E-state index contributed by atoms with van der Waals surface area (Å²) in [5, 5.41) is 3.41. The summed E-state index contributed by atoms with van der Waals surface area (Å²) < 4.78 is 0. The van der Waals surface area contributed by atoms with Crippen molar-refractivity contribution in [2.45, 2.75) is 24.8 Å². The number of amides is 6. The van der Waals surface area contributed by atoms with Crippen LogP contribution in [0, 0.1) is 11.8 Å². The second-order valence-corrected chi connectivity index (χ2v) is 8.82. The van der Waals surface area contributed by atoms with Crippen molar-refractivity contribution >= 4 is 29.7 Å². The molecule has 5 rings (SSSR count). The third-order valence-corrected chi connectivity index (χ3v) is 6.83. The largest absolute Gasteiger partial charge is 0.344 e. The van der Waals surface area contributed by atoms with Crippen molar-refractivity contribution < 1.29 is 24.0 Å². The van der Waals surface area contributed by atoms with Gasteiger partial charge >= 0.3 is 6.03 Å². The minimum atomic E-state index is -1.50. The second-order valence-electron chi connectivity index (χ2n) is 8.82. The molecule has 1 aliphatic carbocycles. The number of urea groups is 1. The number of allylic oxidation sites excluding steroid dienone is 2. The molecule has 2 heterocycles. The van der Waals surface area contributed by atoms with Crippen molar-refractivity contribution in [3.05, 3.63) is 83.9 Å². The average Bonchev–Trinajstić information content (AvgIpc) is 3.29. The summed E-state index contributed by atoms with van der Waals surface area (Å²) in [6.07, 6.45) is 4.59. The van der Waals surface area contributed by atoms with E-state index in [1.807, 2.05) is 12.2 Å². The first-order chi connectivity index (χ1) is 16.9. The van der Waals surface area contributed by atoms with E-state index in [-0.39, 0.29) is 36.6 Å². The zero-order valence-corrected chi connectivity index (χ0v) is 18.8. The van der Waals surface area contributed by atoms with Gasteiger partial charge in [0.1, 0.15) is 0 Å². The molecular formula is C26H24N4O5. The Morgan fingerprint density at radius 2 is 1.37 bits per heavy atom. The van der Waals surface area contributed by atoms with Crippen molar-refractivity contribution in [3.63, 3.8) is 0 Å². The maximum atomic E-state index is 13.6. The first-order valence-corrected chi connectivity index (χ1v) is 11.5. The van der Waals surface area contributed by atoms with Crippen LogP contribution in [0.4, 0.5) is 4.79 Å². The summed E-state index contributed by atoms with van der Waals surface area (Å²) >= 11 is 0. The molecule has 0 spiro atoms. The molecule has 2 fully saturated rings. The molecule has 9 nitrogen and oxygen atoms in total. The van der Waals surface area contributed by atoms with Crippen LogP contribution < -0.4 is 10.7 Å². The maximum absolute atomic E-state index is 13.6. The fraction of sp³-hybridized carbons (Fsp3) is 0.269. The van der Waals surface area contributed by atoms with Crippen LogP contribution in [-0.2, 0) is 24.7 Å². The van der Waals surface area contributed by atoms with Gasteiger partial charge in [-0.15, -0.1) is 0 Å². The van der Waals surface area contributed by atoms with Crippen LogP contribution in [-0.4, -0.2) is 46.1 Å². The predicted octanol–water partition coefficient (Wildman–Crippen LogP) is 1.85. The van der Waals surface area contributed by atoms with Crippen molar-refractivity contribution in [2.24, 2.45) is 11.8 Å². The number of carbonyl (C=O) groups is 5. The Labute approximate surface area is 201 Å². The van der Waals surface area contributed by atoms with Crippen LogP contribution in [0.1, 0.15) is 30.4 Å². The Kier molecular flexibility index (Phi) is 5.68. The van der Waals surface area contributed by atoms with Gasteiger partial charge in [-0.3, -0.25) is 29.5 Å². The van der Waals surface area contributed by atoms with E-state index in [1.165, 1.54) is 0 Å². The SMILES string of the molecule is O=C(CCN1C(=O)[C@@H]2CC=CC[C@H]2C1=O)NN1C(=O)NC(c2ccccc2)(c2ccccc2)C1=O. The summed E-state index contributed by atoms with van der Waals surface area (Å²) in [5.74, 6) is -2.62. The molecule has 2 atom stereocenters. The molecular weight excluding hydrogens is 448 g/mol. The molecule has 0 saturated carbocycles. The smallest absolute Gasteiger partial charge is 0.314 e. The topological polar surface area (TPSA) is 116 Å². The lowest BCUT2D eigenvalue weighted by atomic mass is 9.83. The van der Waals surface area contributed by atoms with Gasteiger partial charge < -0.3 is 5.32 Å². The van der Waals surface area contributed by atoms with E-state index in [1.54, 1.807) is 60.7 Å². The highest BCUT2D eigenvalue weighted by Crippen LogP contribution is 2.36. The van der Waals surface area contributed by atoms with Crippen LogP contribution in [0.15, 0.2) is 72.8 Å². The van der Waals surface area contributed by atoms with Crippen LogP contribution in [0.3, 0.4) is 0 Å². The molecule has 0 unspecified atom stereocenters. The third kappa shape index (κ3) is 3.69. The summed E-state index contributed by atoms with van der Waals surface area (Å²) in [7, 11) is 0. The number of likely N-dealkylation sites (tertiary alicyclic amines) is 1. The number of nitrogens with zero attached hydrogens (tertiary/aromatic N) is 2. The predicted molar refractivity (Wildman–Crippen MR) is 124 cm³/mol. The Morgan fingerprint density at radius 3 is 1.89 bits per heavy atom. The van der Waals surface area contributed by atoms with E-state index in [0.29, 0.717) is 29.0 Å². The van der Waals surface area contributed by atoms with Gasteiger partial charge in [0, 0.05) is 13.0 Å². The van der Waals surface area contributed by atoms with E-state index in [0.717, 1.165) is 4.90 Å². The number of nitrogens with one attached hydrogen (secondary N) is 2. The normalized spacial score (nSPS) is 22.9. The van der Waals surface area contributed by atoms with Gasteiger partial charge in [0.05, 0.1) is 11.8 Å². The van der Waals surface area contributed by atoms with E-state index >= 15 is 0 Å². The molecule has 9 heteroatoms. The first kappa shape index (κ1) is 22.5. The Balaban J connectivity index is 1.32. The maximum Gasteiger partial charge on any atom is 0.344 e. The fourth-order valence-corrected chi connectivity index (χ4v) is 5.05. The second kappa shape index (κ2) is 8.83. The number of benzene rings is 2. The van der Waals surface area contributed by atoms with Gasteiger partial charge in [0.15, 0.2) is 5.54 Å². The van der Waals surface area contributed by atoms with Crippen LogP contribution in [0.5, 0.6) is 0 Å². The minimum absolute atomic E-state index is 0.108. The molecule has 2 saturated heterocycles. The zero-order chi connectivity index (χ0) is 24.6. The average molecular weight is 473 g/mol. The Hall–Kier alpha value is -4.27. The number of carbonyl (C=O) groups excluding carboxylic acids is 5. The van der Waals surface area contributed by atoms with Crippen LogP contribution >= 0.6 is 0 Å². The van der Waals surface area contributed by atoms with Gasteiger partial charge in [-0.1, -0.05) is 72.8 Å². The summed E-state index contributed by atoms with van der Waals surface area (Å²) in [5.41, 5.74) is 1.95. The van der Waals surface area contributed by atoms with Gasteiger partial charge in [0.25, 0.3) is 5.91 Å². The Bertz CT molecular complexity index is 1160. The first-order valence-electron chi connectivity index (χ1n) is 11.5. The summed E-state index contributed by atoms with van der Waals surface area (Å²) in [4.78, 5) is 65.6. The number of rotatable bonds is 6. The van der Waals surface area contributed by atoms with E-state index in [4.69, 9.17) is 0 Å². The monoisotopic (exact) mass is 472 g/mol. The lowest BCUT2D eigenvalue weighted by Crippen LogP contribution is -2.49. The fourth-order valence-electron chi connectivity index (χ4n) is 5.05. The molecule has 3 aliphatic rings. The quantitative estimate of drug-likeness (QED) is 0.378. The van der Waals surface area contributed by atoms with Crippen LogP contribution in [0.25, 0.3) is 0 Å². The van der Waals surface area contributed by atoms with Gasteiger partial charge in [0.2, 0.25) is 17.7 Å². The van der Waals surface area contributed by atoms with Crippen molar-refractivity contribution in [2.75, 3.05) is 6.54 Å². The molecule has 178 valence electrons. The molecule has 6 amide bonds. The van der Waals surface area contributed by atoms with Gasteiger partial charge in [-0.2, -0.15) is 5.01 Å². The van der Waals surface area contributed by atoms with Gasteiger partial charge in [-0.05, 0) is 24.0 Å².